The van der Waals surface area contributed by atoms with E-state index in [-0.39, 0.29) is 24.1 Å². The maximum atomic E-state index is 11.8. The molecule has 0 saturated carbocycles. The van der Waals surface area contributed by atoms with Crippen LogP contribution in [-0.4, -0.2) is 39.0 Å². The lowest BCUT2D eigenvalue weighted by atomic mass is 9.89. The Morgan fingerprint density at radius 3 is 2.49 bits per heavy atom. The first-order chi connectivity index (χ1) is 19.9. The summed E-state index contributed by atoms with van der Waals surface area (Å²) >= 11 is 0. The molecule has 1 saturated heterocycles. The second-order valence-corrected chi connectivity index (χ2v) is 11.2. The van der Waals surface area contributed by atoms with Gasteiger partial charge in [-0.1, -0.05) is 6.07 Å². The predicted molar refractivity (Wildman–Crippen MR) is 154 cm³/mol. The highest BCUT2D eigenvalue weighted by molar-refractivity contribution is 5.78. The van der Waals surface area contributed by atoms with Crippen molar-refractivity contribution in [1.82, 2.24) is 0 Å². The zero-order valence-electron chi connectivity index (χ0n) is 23.8. The summed E-state index contributed by atoms with van der Waals surface area (Å²) in [6.07, 6.45) is 3.81. The van der Waals surface area contributed by atoms with Gasteiger partial charge in [0.05, 0.1) is 45.0 Å². The van der Waals surface area contributed by atoms with Crippen molar-refractivity contribution in [1.29, 1.82) is 5.26 Å². The first kappa shape index (κ1) is 27.2. The first-order valence-corrected chi connectivity index (χ1v) is 14.4. The summed E-state index contributed by atoms with van der Waals surface area (Å²) in [7, 11) is 1.40. The number of carbonyl (C=O) groups excluding carboxylic acids is 1. The Kier molecular flexibility index (Phi) is 7.59. The van der Waals surface area contributed by atoms with Gasteiger partial charge in [-0.25, -0.2) is 0 Å². The van der Waals surface area contributed by atoms with Crippen molar-refractivity contribution in [2.24, 2.45) is 0 Å². The SMILES string of the molecule is COC(=O)C[C@@H]1COc2cc(O[C@@H]3CCc4c(-c5c(C)cc(OC6CCOCC6)cc5C)cc(C#N)cc43)ccc21. The fourth-order valence-electron chi connectivity index (χ4n) is 6.45. The van der Waals surface area contributed by atoms with Crippen LogP contribution in [0.3, 0.4) is 0 Å². The average Bonchev–Trinajstić information content (AvgIpc) is 3.56. The number of benzene rings is 3. The van der Waals surface area contributed by atoms with E-state index >= 15 is 0 Å². The molecular formula is C34H35NO6. The van der Waals surface area contributed by atoms with E-state index < -0.39 is 0 Å². The van der Waals surface area contributed by atoms with Crippen LogP contribution in [0.5, 0.6) is 17.2 Å². The van der Waals surface area contributed by atoms with Crippen molar-refractivity contribution in [2.75, 3.05) is 26.9 Å². The van der Waals surface area contributed by atoms with Crippen LogP contribution >= 0.6 is 0 Å². The van der Waals surface area contributed by atoms with Crippen molar-refractivity contribution < 1.29 is 28.5 Å². The number of hydrogen-bond donors (Lipinski definition) is 0. The summed E-state index contributed by atoms with van der Waals surface area (Å²) in [4.78, 5) is 11.8. The van der Waals surface area contributed by atoms with E-state index in [2.05, 4.69) is 32.0 Å². The van der Waals surface area contributed by atoms with Crippen LogP contribution in [-0.2, 0) is 20.7 Å². The molecule has 0 N–H and O–H groups in total. The molecule has 0 amide bonds. The molecule has 3 aromatic carbocycles. The molecular weight excluding hydrogens is 518 g/mol. The Bertz CT molecular complexity index is 1490. The average molecular weight is 554 g/mol. The minimum atomic E-state index is -0.245. The van der Waals surface area contributed by atoms with E-state index in [0.29, 0.717) is 24.3 Å². The topological polar surface area (TPSA) is 87.0 Å². The molecule has 1 fully saturated rings. The van der Waals surface area contributed by atoms with Gasteiger partial charge in [-0.2, -0.15) is 5.26 Å². The third kappa shape index (κ3) is 5.49. The summed E-state index contributed by atoms with van der Waals surface area (Å²) < 4.78 is 29.0. The Balaban J connectivity index is 1.26. The van der Waals surface area contributed by atoms with Crippen molar-refractivity contribution in [3.05, 3.63) is 75.8 Å². The highest BCUT2D eigenvalue weighted by Gasteiger charge is 2.31. The third-order valence-corrected chi connectivity index (χ3v) is 8.45. The van der Waals surface area contributed by atoms with Crippen molar-refractivity contribution in [3.8, 4) is 34.4 Å². The number of methoxy groups -OCH3 is 1. The molecule has 7 heteroatoms. The molecule has 212 valence electrons. The molecule has 2 atom stereocenters. The minimum Gasteiger partial charge on any atom is -0.492 e. The first-order valence-electron chi connectivity index (χ1n) is 14.4. The van der Waals surface area contributed by atoms with Gasteiger partial charge >= 0.3 is 5.97 Å². The van der Waals surface area contributed by atoms with Crippen LogP contribution in [0.2, 0.25) is 0 Å². The van der Waals surface area contributed by atoms with Crippen molar-refractivity contribution >= 4 is 5.97 Å². The Morgan fingerprint density at radius 1 is 0.976 bits per heavy atom. The largest absolute Gasteiger partial charge is 0.492 e. The molecule has 0 unspecified atom stereocenters. The lowest BCUT2D eigenvalue weighted by molar-refractivity contribution is -0.141. The molecule has 7 nitrogen and oxygen atoms in total. The molecule has 0 aromatic heterocycles. The van der Waals surface area contributed by atoms with Gasteiger partial charge < -0.3 is 23.7 Å². The number of aryl methyl sites for hydroxylation is 2. The summed E-state index contributed by atoms with van der Waals surface area (Å²) in [6.45, 7) is 6.17. The van der Waals surface area contributed by atoms with Gasteiger partial charge in [0, 0.05) is 30.4 Å². The summed E-state index contributed by atoms with van der Waals surface area (Å²) in [5.74, 6) is 2.09. The van der Waals surface area contributed by atoms with E-state index in [1.807, 2.05) is 30.3 Å². The molecule has 0 spiro atoms. The number of ether oxygens (including phenoxy) is 5. The van der Waals surface area contributed by atoms with Crippen molar-refractivity contribution in [2.45, 2.75) is 64.1 Å². The van der Waals surface area contributed by atoms with Crippen LogP contribution in [0.25, 0.3) is 11.1 Å². The molecule has 6 rings (SSSR count). The van der Waals surface area contributed by atoms with E-state index in [4.69, 9.17) is 23.7 Å². The van der Waals surface area contributed by atoms with Gasteiger partial charge in [0.25, 0.3) is 0 Å². The van der Waals surface area contributed by atoms with Crippen LogP contribution in [0.15, 0.2) is 42.5 Å². The van der Waals surface area contributed by atoms with Crippen LogP contribution < -0.4 is 14.2 Å². The normalized spacial score (nSPS) is 19.6. The lowest BCUT2D eigenvalue weighted by Crippen LogP contribution is -2.25. The minimum absolute atomic E-state index is 0.0144. The maximum absolute atomic E-state index is 11.8. The molecule has 2 aliphatic heterocycles. The highest BCUT2D eigenvalue weighted by atomic mass is 16.5. The summed E-state index contributed by atoms with van der Waals surface area (Å²) in [6, 6.07) is 16.4. The predicted octanol–water partition coefficient (Wildman–Crippen LogP) is 6.51. The fraction of sp³-hybridized carbons (Fsp3) is 0.412. The maximum Gasteiger partial charge on any atom is 0.306 e. The number of rotatable bonds is 7. The highest BCUT2D eigenvalue weighted by Crippen LogP contribution is 2.45. The zero-order chi connectivity index (χ0) is 28.5. The fourth-order valence-corrected chi connectivity index (χ4v) is 6.45. The van der Waals surface area contributed by atoms with Gasteiger partial charge in [-0.15, -0.1) is 0 Å². The Hall–Kier alpha value is -4.02. The molecule has 1 aliphatic carbocycles. The second kappa shape index (κ2) is 11.5. The van der Waals surface area contributed by atoms with Crippen molar-refractivity contribution in [3.63, 3.8) is 0 Å². The standard InChI is InChI=1S/C34H35NO6/c1-20-12-26(40-24-8-10-38-11-9-24)13-21(2)34(20)30-15-22(18-35)14-29-28(30)6-7-31(29)41-25-4-5-27-23(16-33(36)37-3)19-39-32(27)17-25/h4-5,12-15,17,23-24,31H,6-11,16,19H2,1-3H3/t23-,31-/m1/s1. The number of carbonyl (C=O) groups is 1. The van der Waals surface area contributed by atoms with Gasteiger partial charge in [-0.05, 0) is 90.4 Å². The Labute approximate surface area is 240 Å². The molecule has 0 bridgehead atoms. The molecule has 2 heterocycles. The zero-order valence-corrected chi connectivity index (χ0v) is 23.8. The number of fused-ring (bicyclic) bond motifs is 2. The van der Waals surface area contributed by atoms with E-state index in [9.17, 15) is 10.1 Å². The van der Waals surface area contributed by atoms with Crippen LogP contribution in [0.4, 0.5) is 0 Å². The van der Waals surface area contributed by atoms with Gasteiger partial charge in [0.1, 0.15) is 29.5 Å². The van der Waals surface area contributed by atoms with Gasteiger partial charge in [0.2, 0.25) is 0 Å². The van der Waals surface area contributed by atoms with Gasteiger partial charge in [0.15, 0.2) is 0 Å². The number of nitrogens with zero attached hydrogens (tertiary/aromatic N) is 1. The third-order valence-electron chi connectivity index (χ3n) is 8.45. The molecule has 0 radical (unpaired) electrons. The molecule has 41 heavy (non-hydrogen) atoms. The van der Waals surface area contributed by atoms with Gasteiger partial charge in [-0.3, -0.25) is 4.79 Å². The van der Waals surface area contributed by atoms with Crippen LogP contribution in [0, 0.1) is 25.2 Å². The number of hydrogen-bond acceptors (Lipinski definition) is 7. The van der Waals surface area contributed by atoms with E-state index in [1.54, 1.807) is 0 Å². The monoisotopic (exact) mass is 553 g/mol. The summed E-state index contributed by atoms with van der Waals surface area (Å²) in [5, 5.41) is 9.92. The number of esters is 1. The second-order valence-electron chi connectivity index (χ2n) is 11.2. The van der Waals surface area contributed by atoms with Crippen LogP contribution in [0.1, 0.15) is 71.1 Å². The quantitative estimate of drug-likeness (QED) is 0.309. The van der Waals surface area contributed by atoms with E-state index in [1.165, 1.54) is 12.7 Å². The smallest absolute Gasteiger partial charge is 0.306 e. The molecule has 3 aromatic rings. The summed E-state index contributed by atoms with van der Waals surface area (Å²) in [5.41, 5.74) is 8.43. The Morgan fingerprint density at radius 2 is 1.76 bits per heavy atom. The lowest BCUT2D eigenvalue weighted by Gasteiger charge is -2.24. The molecule has 3 aliphatic rings. The number of nitriles is 1. The van der Waals surface area contributed by atoms with E-state index in [0.717, 1.165) is 83.8 Å².